The molecule has 0 aromatic carbocycles. The van der Waals surface area contributed by atoms with Gasteiger partial charge in [0, 0.05) is 19.2 Å². The molecule has 17 heavy (non-hydrogen) atoms. The van der Waals surface area contributed by atoms with Gasteiger partial charge in [0.15, 0.2) is 0 Å². The minimum absolute atomic E-state index is 0.0454. The molecule has 0 saturated carbocycles. The molecule has 0 radical (unpaired) electrons. The van der Waals surface area contributed by atoms with Crippen LogP contribution in [0.1, 0.15) is 40.5 Å². The zero-order valence-corrected chi connectivity index (χ0v) is 12.0. The van der Waals surface area contributed by atoms with Crippen LogP contribution >= 0.6 is 12.2 Å². The lowest BCUT2D eigenvalue weighted by molar-refractivity contribution is -0.139. The molecule has 0 aliphatic rings. The third-order valence-corrected chi connectivity index (χ3v) is 3.61. The lowest BCUT2D eigenvalue weighted by Crippen LogP contribution is -2.51. The predicted octanol–water partition coefficient (Wildman–Crippen LogP) is 1.31. The van der Waals surface area contributed by atoms with Gasteiger partial charge in [-0.15, -0.1) is 0 Å². The first-order valence-corrected chi connectivity index (χ1v) is 6.43. The molecule has 0 aliphatic carbocycles. The second-order valence-corrected chi connectivity index (χ2v) is 5.16. The number of hydrogen-bond acceptors (Lipinski definition) is 3. The third kappa shape index (κ3) is 3.92. The molecule has 0 aromatic heterocycles. The maximum Gasteiger partial charge on any atom is 0.235 e. The summed E-state index contributed by atoms with van der Waals surface area (Å²) in [6.07, 6.45) is 1.16. The molecule has 0 fully saturated rings. The van der Waals surface area contributed by atoms with E-state index < -0.39 is 5.41 Å². The number of hydrogen-bond donors (Lipinski definition) is 2. The highest BCUT2D eigenvalue weighted by Gasteiger charge is 2.38. The van der Waals surface area contributed by atoms with E-state index in [0.717, 1.165) is 0 Å². The number of nitrogens with two attached hydrogens (primary N) is 1. The fourth-order valence-electron chi connectivity index (χ4n) is 1.58. The van der Waals surface area contributed by atoms with Crippen molar-refractivity contribution in [1.29, 1.82) is 0 Å². The van der Waals surface area contributed by atoms with E-state index in [1.54, 1.807) is 11.8 Å². The van der Waals surface area contributed by atoms with Gasteiger partial charge in [-0.25, -0.2) is 0 Å². The van der Waals surface area contributed by atoms with E-state index in [9.17, 15) is 4.79 Å². The van der Waals surface area contributed by atoms with Gasteiger partial charge in [-0.05, 0) is 33.6 Å². The Morgan fingerprint density at radius 2 is 2.06 bits per heavy atom. The van der Waals surface area contributed by atoms with Gasteiger partial charge in [0.05, 0.1) is 10.4 Å². The summed E-state index contributed by atoms with van der Waals surface area (Å²) in [6, 6.07) is 0.0780. The van der Waals surface area contributed by atoms with E-state index >= 15 is 0 Å². The lowest BCUT2D eigenvalue weighted by Gasteiger charge is -2.35. The van der Waals surface area contributed by atoms with Gasteiger partial charge in [0.25, 0.3) is 0 Å². The summed E-state index contributed by atoms with van der Waals surface area (Å²) >= 11 is 5.01. The van der Waals surface area contributed by atoms with Crippen molar-refractivity contribution in [2.75, 3.05) is 13.2 Å². The number of amides is 1. The van der Waals surface area contributed by atoms with E-state index in [-0.39, 0.29) is 23.5 Å². The largest absolute Gasteiger partial charge is 0.396 e. The van der Waals surface area contributed by atoms with Gasteiger partial charge < -0.3 is 15.7 Å². The average Bonchev–Trinajstić information content (AvgIpc) is 2.27. The number of nitrogens with zero attached hydrogens (tertiary/aromatic N) is 1. The van der Waals surface area contributed by atoms with Crippen LogP contribution in [0, 0.1) is 5.41 Å². The molecular formula is C12H24N2O2S. The molecule has 100 valence electrons. The van der Waals surface area contributed by atoms with Crippen LogP contribution in [0.15, 0.2) is 0 Å². The van der Waals surface area contributed by atoms with E-state index in [1.807, 2.05) is 20.8 Å². The maximum atomic E-state index is 12.5. The molecule has 0 rings (SSSR count). The Morgan fingerprint density at radius 1 is 1.53 bits per heavy atom. The van der Waals surface area contributed by atoms with Crippen LogP contribution in [-0.4, -0.2) is 40.1 Å². The summed E-state index contributed by atoms with van der Waals surface area (Å²) in [5, 5.41) is 8.86. The monoisotopic (exact) mass is 260 g/mol. The summed E-state index contributed by atoms with van der Waals surface area (Å²) in [7, 11) is 0. The van der Waals surface area contributed by atoms with Crippen molar-refractivity contribution in [1.82, 2.24) is 4.90 Å². The van der Waals surface area contributed by atoms with Crippen LogP contribution in [0.5, 0.6) is 0 Å². The smallest absolute Gasteiger partial charge is 0.235 e. The van der Waals surface area contributed by atoms with E-state index in [2.05, 4.69) is 0 Å². The summed E-state index contributed by atoms with van der Waals surface area (Å²) in [5.41, 5.74) is 4.90. The standard InChI is InChI=1S/C12H24N2O2S/c1-5-12(4,10(13)17)11(16)14(9(2)3)7-6-8-15/h9,15H,5-8H2,1-4H3,(H2,13,17). The highest BCUT2D eigenvalue weighted by molar-refractivity contribution is 7.80. The van der Waals surface area contributed by atoms with Crippen LogP contribution in [0.3, 0.4) is 0 Å². The Balaban J connectivity index is 4.99. The zero-order chi connectivity index (χ0) is 13.6. The first-order chi connectivity index (χ1) is 7.81. The molecule has 1 unspecified atom stereocenters. The topological polar surface area (TPSA) is 66.6 Å². The Bertz CT molecular complexity index is 282. The van der Waals surface area contributed by atoms with Crippen molar-refractivity contribution in [2.45, 2.75) is 46.6 Å². The number of thiocarbonyl (C=S) groups is 1. The van der Waals surface area contributed by atoms with Crippen LogP contribution in [0.25, 0.3) is 0 Å². The van der Waals surface area contributed by atoms with Crippen LogP contribution in [0.4, 0.5) is 0 Å². The molecule has 4 nitrogen and oxygen atoms in total. The second-order valence-electron chi connectivity index (χ2n) is 4.72. The molecule has 0 aromatic rings. The summed E-state index contributed by atoms with van der Waals surface area (Å²) in [5.74, 6) is -0.0454. The van der Waals surface area contributed by atoms with Crippen molar-refractivity contribution >= 4 is 23.1 Å². The van der Waals surface area contributed by atoms with Crippen molar-refractivity contribution in [3.63, 3.8) is 0 Å². The van der Waals surface area contributed by atoms with Crippen LogP contribution in [0.2, 0.25) is 0 Å². The summed E-state index contributed by atoms with van der Waals surface area (Å²) in [6.45, 7) is 8.20. The molecule has 0 spiro atoms. The van der Waals surface area contributed by atoms with Gasteiger partial charge in [-0.2, -0.15) is 0 Å². The maximum absolute atomic E-state index is 12.5. The molecule has 1 amide bonds. The van der Waals surface area contributed by atoms with Crippen LogP contribution in [-0.2, 0) is 4.79 Å². The molecule has 0 heterocycles. The Hall–Kier alpha value is -0.680. The Labute approximate surface area is 109 Å². The Morgan fingerprint density at radius 3 is 2.35 bits per heavy atom. The lowest BCUT2D eigenvalue weighted by atomic mass is 9.85. The van der Waals surface area contributed by atoms with Gasteiger partial charge in [0.2, 0.25) is 5.91 Å². The molecule has 0 saturated heterocycles. The first-order valence-electron chi connectivity index (χ1n) is 6.03. The number of rotatable bonds is 7. The van der Waals surface area contributed by atoms with E-state index in [1.165, 1.54) is 0 Å². The van der Waals surface area contributed by atoms with Crippen LogP contribution < -0.4 is 5.73 Å². The number of carbonyl (C=O) groups is 1. The van der Waals surface area contributed by atoms with Gasteiger partial charge >= 0.3 is 0 Å². The van der Waals surface area contributed by atoms with Gasteiger partial charge in [0.1, 0.15) is 0 Å². The molecule has 5 heteroatoms. The third-order valence-electron chi connectivity index (χ3n) is 3.16. The predicted molar refractivity (Wildman–Crippen MR) is 73.7 cm³/mol. The number of carbonyl (C=O) groups excluding carboxylic acids is 1. The molecular weight excluding hydrogens is 236 g/mol. The second kappa shape index (κ2) is 6.91. The minimum Gasteiger partial charge on any atom is -0.396 e. The van der Waals surface area contributed by atoms with Crippen molar-refractivity contribution in [2.24, 2.45) is 11.1 Å². The van der Waals surface area contributed by atoms with Crippen molar-refractivity contribution < 1.29 is 9.90 Å². The number of aliphatic hydroxyl groups is 1. The SMILES string of the molecule is CCC(C)(C(=O)N(CCCO)C(C)C)C(N)=S. The molecule has 3 N–H and O–H groups in total. The van der Waals surface area contributed by atoms with E-state index in [0.29, 0.717) is 19.4 Å². The molecule has 0 aliphatic heterocycles. The minimum atomic E-state index is -0.783. The average molecular weight is 260 g/mol. The highest BCUT2D eigenvalue weighted by Crippen LogP contribution is 2.26. The number of aliphatic hydroxyl groups excluding tert-OH is 1. The van der Waals surface area contributed by atoms with Crippen molar-refractivity contribution in [3.8, 4) is 0 Å². The van der Waals surface area contributed by atoms with Crippen molar-refractivity contribution in [3.05, 3.63) is 0 Å². The zero-order valence-electron chi connectivity index (χ0n) is 11.2. The quantitative estimate of drug-likeness (QED) is 0.677. The summed E-state index contributed by atoms with van der Waals surface area (Å²) in [4.78, 5) is 14.4. The van der Waals surface area contributed by atoms with E-state index in [4.69, 9.17) is 23.1 Å². The normalized spacial score (nSPS) is 14.5. The fourth-order valence-corrected chi connectivity index (χ4v) is 1.81. The van der Waals surface area contributed by atoms with Gasteiger partial charge in [-0.1, -0.05) is 19.1 Å². The van der Waals surface area contributed by atoms with Gasteiger partial charge in [-0.3, -0.25) is 4.79 Å². The molecule has 0 bridgehead atoms. The highest BCUT2D eigenvalue weighted by atomic mass is 32.1. The molecule has 1 atom stereocenters. The first kappa shape index (κ1) is 16.3. The summed E-state index contributed by atoms with van der Waals surface area (Å²) < 4.78 is 0. The fraction of sp³-hybridized carbons (Fsp3) is 0.833. The Kier molecular flexibility index (Phi) is 6.64.